The molecule has 4 aliphatic heterocycles. The summed E-state index contributed by atoms with van der Waals surface area (Å²) in [5, 5.41) is 25.0. The highest BCUT2D eigenvalue weighted by Gasteiger charge is 2.51. The fraction of sp³-hybridized carbons (Fsp3) is 0.698. The van der Waals surface area contributed by atoms with E-state index in [1.807, 2.05) is 90.3 Å². The van der Waals surface area contributed by atoms with Gasteiger partial charge in [0.05, 0.1) is 42.6 Å². The number of rotatable bonds is 5. The van der Waals surface area contributed by atoms with Gasteiger partial charge in [-0.25, -0.2) is 0 Å². The molecule has 1 aromatic carbocycles. The van der Waals surface area contributed by atoms with Crippen LogP contribution in [0.2, 0.25) is 0 Å². The number of para-hydroxylation sites is 1. The van der Waals surface area contributed by atoms with E-state index >= 15 is 0 Å². The summed E-state index contributed by atoms with van der Waals surface area (Å²) in [6, 6.07) is 9.62. The van der Waals surface area contributed by atoms with Gasteiger partial charge in [-0.05, 0) is 110 Å². The fourth-order valence-corrected chi connectivity index (χ4v) is 8.91. The number of esters is 1. The van der Waals surface area contributed by atoms with Crippen LogP contribution in [-0.2, 0) is 33.3 Å². The van der Waals surface area contributed by atoms with Gasteiger partial charge in [-0.2, -0.15) is 0 Å². The van der Waals surface area contributed by atoms with Gasteiger partial charge in [0, 0.05) is 36.1 Å². The Labute approximate surface area is 327 Å². The van der Waals surface area contributed by atoms with Crippen LogP contribution >= 0.6 is 0 Å². The molecule has 4 saturated heterocycles. The number of hydrogen-bond donors (Lipinski definition) is 2. The van der Waals surface area contributed by atoms with Crippen molar-refractivity contribution in [2.45, 2.75) is 135 Å². The SMILES string of the molecule is CC[C@H]1OC(=O)[C@H](C)C(=O)[C@H](C)[C@@H](O[C@@H]2O[C@H](C)C[C@H](N(C)C)[C@H]2O)[C@@]2(C)C[C@@H](C)N(C)C[C@H](C)[C@H](OC/C(=C\c3cnc4ccccc4c3)CO2)[C@]1(C)O. The summed E-state index contributed by atoms with van der Waals surface area (Å²) in [5.74, 6) is -3.41. The summed E-state index contributed by atoms with van der Waals surface area (Å²) in [6.07, 6.45) is 0.136. The summed E-state index contributed by atoms with van der Waals surface area (Å²) < 4.78 is 33.0. The van der Waals surface area contributed by atoms with Crippen molar-refractivity contribution in [1.82, 2.24) is 14.8 Å². The average molecular weight is 768 g/mol. The maximum Gasteiger partial charge on any atom is 0.316 e. The third-order valence-corrected chi connectivity index (χ3v) is 12.3. The second kappa shape index (κ2) is 17.8. The Morgan fingerprint density at radius 3 is 2.49 bits per heavy atom. The smallest absolute Gasteiger partial charge is 0.316 e. The molecule has 2 aromatic rings. The summed E-state index contributed by atoms with van der Waals surface area (Å²) >= 11 is 0. The van der Waals surface area contributed by atoms with Crippen LogP contribution in [-0.4, -0.2) is 138 Å². The van der Waals surface area contributed by atoms with Crippen LogP contribution in [0.25, 0.3) is 17.0 Å². The normalized spacial score (nSPS) is 40.0. The highest BCUT2D eigenvalue weighted by atomic mass is 16.7. The van der Waals surface area contributed by atoms with Crippen molar-refractivity contribution in [2.75, 3.05) is 40.9 Å². The molecular formula is C43H65N3O9. The fourth-order valence-electron chi connectivity index (χ4n) is 8.91. The first-order valence-corrected chi connectivity index (χ1v) is 20.0. The summed E-state index contributed by atoms with van der Waals surface area (Å²) in [5.41, 5.74) is -0.256. The molecule has 1 aromatic heterocycles. The molecule has 4 aliphatic rings. The number of aromatic nitrogens is 1. The highest BCUT2D eigenvalue weighted by molar-refractivity contribution is 6.00. The summed E-state index contributed by atoms with van der Waals surface area (Å²) in [4.78, 5) is 37.2. The van der Waals surface area contributed by atoms with Gasteiger partial charge in [0.1, 0.15) is 23.7 Å². The first kappa shape index (κ1) is 43.3. The number of nitrogens with zero attached hydrogens (tertiary/aromatic N) is 3. The predicted molar refractivity (Wildman–Crippen MR) is 211 cm³/mol. The Balaban J connectivity index is 1.68. The molecule has 13 atom stereocenters. The van der Waals surface area contributed by atoms with Gasteiger partial charge in [-0.3, -0.25) is 14.6 Å². The first-order chi connectivity index (χ1) is 25.9. The van der Waals surface area contributed by atoms with Crippen molar-refractivity contribution in [3.63, 3.8) is 0 Å². The average Bonchev–Trinajstić information content (AvgIpc) is 3.13. The number of ketones is 1. The minimum Gasteiger partial charge on any atom is -0.459 e. The van der Waals surface area contributed by atoms with Crippen LogP contribution in [0.15, 0.2) is 42.1 Å². The number of carbonyl (C=O) groups is 2. The number of likely N-dealkylation sites (N-methyl/N-ethyl adjacent to an activating group) is 1. The van der Waals surface area contributed by atoms with E-state index in [4.69, 9.17) is 23.7 Å². The van der Waals surface area contributed by atoms with E-state index in [1.165, 1.54) is 6.92 Å². The van der Waals surface area contributed by atoms with E-state index in [-0.39, 0.29) is 37.3 Å². The quantitative estimate of drug-likeness (QED) is 0.317. The van der Waals surface area contributed by atoms with Gasteiger partial charge in [0.15, 0.2) is 12.1 Å². The number of pyridine rings is 1. The summed E-state index contributed by atoms with van der Waals surface area (Å²) in [7, 11) is 5.85. The van der Waals surface area contributed by atoms with E-state index in [1.54, 1.807) is 13.8 Å². The minimum absolute atomic E-state index is 0.0940. The van der Waals surface area contributed by atoms with Gasteiger partial charge < -0.3 is 43.7 Å². The summed E-state index contributed by atoms with van der Waals surface area (Å²) in [6.45, 7) is 15.6. The van der Waals surface area contributed by atoms with Crippen molar-refractivity contribution in [1.29, 1.82) is 0 Å². The van der Waals surface area contributed by atoms with Gasteiger partial charge in [-0.15, -0.1) is 0 Å². The van der Waals surface area contributed by atoms with Crippen molar-refractivity contribution in [2.24, 2.45) is 17.8 Å². The zero-order valence-corrected chi connectivity index (χ0v) is 34.7. The first-order valence-electron chi connectivity index (χ1n) is 20.0. The molecular weight excluding hydrogens is 702 g/mol. The lowest BCUT2D eigenvalue weighted by Crippen LogP contribution is -2.60. The van der Waals surface area contributed by atoms with Gasteiger partial charge >= 0.3 is 5.97 Å². The standard InChI is InChI=1S/C43H65N3O9/c1-12-35-43(8,50)38-25(2)22-46(11)26(3)20-42(7,52-24-31(23-51-38)18-30-19-32-15-13-14-16-33(32)44-21-30)39(28(5)36(47)29(6)40(49)54-35)55-41-37(48)34(45(9)10)17-27(4)53-41/h13-16,18-19,21,25-29,34-35,37-39,41,48,50H,12,17,20,22-24H2,1-11H3/b31-18+/t25-,26+,27+,28-,29+,34-,35+,37+,38-,39+,41-,42+,43+/m0/s1. The van der Waals surface area contributed by atoms with E-state index < -0.39 is 65.5 Å². The Hall–Kier alpha value is -2.81. The molecule has 2 N–H and O–H groups in total. The van der Waals surface area contributed by atoms with E-state index in [0.29, 0.717) is 25.8 Å². The third-order valence-electron chi connectivity index (χ3n) is 12.3. The maximum atomic E-state index is 14.5. The molecule has 12 heteroatoms. The molecule has 4 fully saturated rings. The molecule has 12 nitrogen and oxygen atoms in total. The number of Topliss-reactive ketones (excluding diaryl/α,β-unsaturated/α-hetero) is 1. The number of hydrogen-bond acceptors (Lipinski definition) is 12. The van der Waals surface area contributed by atoms with Crippen molar-refractivity contribution in [3.05, 3.63) is 47.7 Å². The zero-order chi connectivity index (χ0) is 40.4. The Morgan fingerprint density at radius 2 is 1.80 bits per heavy atom. The third kappa shape index (κ3) is 9.67. The monoisotopic (exact) mass is 767 g/mol. The molecule has 0 unspecified atom stereocenters. The van der Waals surface area contributed by atoms with Crippen LogP contribution in [0, 0.1) is 17.8 Å². The molecule has 5 heterocycles. The Morgan fingerprint density at radius 1 is 1.09 bits per heavy atom. The Bertz CT molecular complexity index is 1670. The van der Waals surface area contributed by atoms with Crippen molar-refractivity contribution < 1.29 is 43.5 Å². The largest absolute Gasteiger partial charge is 0.459 e. The molecule has 0 spiro atoms. The van der Waals surface area contributed by atoms with Gasteiger partial charge in [0.2, 0.25) is 0 Å². The molecule has 55 heavy (non-hydrogen) atoms. The maximum absolute atomic E-state index is 14.5. The molecule has 2 bridgehead atoms. The van der Waals surface area contributed by atoms with Crippen LogP contribution in [0.4, 0.5) is 0 Å². The highest BCUT2D eigenvalue weighted by Crippen LogP contribution is 2.38. The Kier molecular flexibility index (Phi) is 14.0. The van der Waals surface area contributed by atoms with E-state index in [0.717, 1.165) is 22.0 Å². The van der Waals surface area contributed by atoms with Gasteiger partial charge in [-0.1, -0.05) is 39.0 Å². The van der Waals surface area contributed by atoms with E-state index in [9.17, 15) is 19.8 Å². The second-order valence-corrected chi connectivity index (χ2v) is 17.2. The van der Waals surface area contributed by atoms with Crippen molar-refractivity contribution >= 4 is 28.7 Å². The lowest BCUT2D eigenvalue weighted by molar-refractivity contribution is -0.297. The van der Waals surface area contributed by atoms with Crippen LogP contribution in [0.1, 0.15) is 80.2 Å². The minimum atomic E-state index is -1.61. The number of fused-ring (bicyclic) bond motifs is 16. The molecule has 0 saturated carbocycles. The predicted octanol–water partition coefficient (Wildman–Crippen LogP) is 4.88. The molecule has 6 rings (SSSR count). The van der Waals surface area contributed by atoms with Crippen LogP contribution < -0.4 is 0 Å². The van der Waals surface area contributed by atoms with Crippen LogP contribution in [0.3, 0.4) is 0 Å². The number of benzene rings is 1. The zero-order valence-electron chi connectivity index (χ0n) is 34.7. The van der Waals surface area contributed by atoms with Crippen LogP contribution in [0.5, 0.6) is 0 Å². The number of ether oxygens (including phenoxy) is 5. The number of aliphatic hydroxyl groups is 2. The lowest BCUT2D eigenvalue weighted by Gasteiger charge is -2.48. The second-order valence-electron chi connectivity index (χ2n) is 17.2. The molecule has 0 amide bonds. The van der Waals surface area contributed by atoms with E-state index in [2.05, 4.69) is 22.9 Å². The van der Waals surface area contributed by atoms with Crippen molar-refractivity contribution in [3.8, 4) is 0 Å². The molecule has 0 radical (unpaired) electrons. The lowest BCUT2D eigenvalue weighted by atomic mass is 9.79. The molecule has 0 aliphatic carbocycles. The molecule has 306 valence electrons. The number of aliphatic hydroxyl groups excluding tert-OH is 1. The number of carbonyl (C=O) groups excluding carboxylic acids is 2. The topological polar surface area (TPSA) is 140 Å². The van der Waals surface area contributed by atoms with Gasteiger partial charge in [0.25, 0.3) is 0 Å².